The van der Waals surface area contributed by atoms with Crippen molar-refractivity contribution < 1.29 is 14.3 Å². The van der Waals surface area contributed by atoms with E-state index in [2.05, 4.69) is 24.3 Å². The molecule has 1 aromatic heterocycles. The van der Waals surface area contributed by atoms with Crippen LogP contribution < -0.4 is 27.1 Å². The van der Waals surface area contributed by atoms with Gasteiger partial charge >= 0.3 is 0 Å². The van der Waals surface area contributed by atoms with Crippen molar-refractivity contribution in [1.82, 2.24) is 9.88 Å². The predicted molar refractivity (Wildman–Crippen MR) is 119 cm³/mol. The average Bonchev–Trinajstić information content (AvgIpc) is 2.72. The van der Waals surface area contributed by atoms with Crippen molar-refractivity contribution in [3.05, 3.63) is 50.8 Å². The van der Waals surface area contributed by atoms with Gasteiger partial charge < -0.3 is 25.6 Å². The number of hydrazone groups is 1. The van der Waals surface area contributed by atoms with Gasteiger partial charge in [0.15, 0.2) is 5.43 Å². The fourth-order valence-corrected chi connectivity index (χ4v) is 4.03. The number of carbonyl (C=O) groups is 1. The van der Waals surface area contributed by atoms with E-state index in [1.807, 2.05) is 10.6 Å². The summed E-state index contributed by atoms with van der Waals surface area (Å²) in [5.41, 5.74) is 7.33. The minimum Gasteiger partial charge on any atom is -0.491 e. The van der Waals surface area contributed by atoms with Gasteiger partial charge in [0, 0.05) is 31.0 Å². The first kappa shape index (κ1) is 22.6. The number of hydrogen-bond acceptors (Lipinski definition) is 6. The zero-order valence-corrected chi connectivity index (χ0v) is 18.4. The number of nitrogens with two attached hydrogens (primary N) is 2. The number of guanidine groups is 1. The second-order valence-electron chi connectivity index (χ2n) is 7.61. The van der Waals surface area contributed by atoms with Crippen LogP contribution in [-0.4, -0.2) is 36.8 Å². The number of methoxy groups -OCH3 is 1. The molecule has 166 valence electrons. The van der Waals surface area contributed by atoms with Crippen molar-refractivity contribution in [3.63, 3.8) is 0 Å². The van der Waals surface area contributed by atoms with Crippen molar-refractivity contribution in [1.29, 1.82) is 0 Å². The van der Waals surface area contributed by atoms with Crippen LogP contribution >= 0.6 is 11.6 Å². The number of hydrogen-bond donors (Lipinski definition) is 3. The first-order chi connectivity index (χ1) is 14.8. The van der Waals surface area contributed by atoms with Crippen LogP contribution in [0.2, 0.25) is 5.02 Å². The van der Waals surface area contributed by atoms with E-state index in [9.17, 15) is 9.59 Å². The van der Waals surface area contributed by atoms with E-state index in [0.29, 0.717) is 36.1 Å². The number of carbonyl (C=O) groups excluding carboxylic acids is 1. The van der Waals surface area contributed by atoms with E-state index >= 15 is 0 Å². The van der Waals surface area contributed by atoms with Gasteiger partial charge in [0.05, 0.1) is 17.3 Å². The maximum atomic E-state index is 12.8. The largest absolute Gasteiger partial charge is 0.491 e. The minimum absolute atomic E-state index is 0.000430. The first-order valence-corrected chi connectivity index (χ1v) is 10.2. The summed E-state index contributed by atoms with van der Waals surface area (Å²) >= 11 is 6.61. The average molecular weight is 448 g/mol. The number of nitrogens with zero attached hydrogens (tertiary/aromatic N) is 2. The smallest absolute Gasteiger partial charge is 0.263 e. The molecule has 1 aliphatic rings. The number of pyridine rings is 1. The van der Waals surface area contributed by atoms with Gasteiger partial charge in [0.25, 0.3) is 5.91 Å². The highest BCUT2D eigenvalue weighted by Crippen LogP contribution is 2.42. The fourth-order valence-electron chi connectivity index (χ4n) is 3.70. The summed E-state index contributed by atoms with van der Waals surface area (Å²) in [6, 6.07) is 5.09. The van der Waals surface area contributed by atoms with Crippen LogP contribution in [0.5, 0.6) is 5.75 Å². The van der Waals surface area contributed by atoms with E-state index in [1.54, 1.807) is 19.4 Å². The van der Waals surface area contributed by atoms with Crippen LogP contribution in [0.15, 0.2) is 34.3 Å². The number of benzene rings is 1. The fraction of sp³-hybridized carbons (Fsp3) is 0.381. The Kier molecular flexibility index (Phi) is 6.87. The summed E-state index contributed by atoms with van der Waals surface area (Å²) in [6.45, 7) is 5.03. The lowest BCUT2D eigenvalue weighted by Gasteiger charge is -2.34. The number of fused-ring (bicyclic) bond motifs is 3. The van der Waals surface area contributed by atoms with Gasteiger partial charge in [-0.25, -0.2) is 0 Å². The normalized spacial score (nSPS) is 15.4. The molecule has 0 saturated carbocycles. The molecule has 1 atom stereocenters. The quantitative estimate of drug-likeness (QED) is 0.203. The number of ether oxygens (including phenoxy) is 2. The Bertz CT molecular complexity index is 1080. The van der Waals surface area contributed by atoms with Crippen LogP contribution in [0.1, 0.15) is 35.8 Å². The number of rotatable bonds is 6. The second kappa shape index (κ2) is 9.40. The van der Waals surface area contributed by atoms with E-state index in [4.69, 9.17) is 32.7 Å². The van der Waals surface area contributed by atoms with Gasteiger partial charge in [-0.05, 0) is 30.0 Å². The third kappa shape index (κ3) is 4.67. The van der Waals surface area contributed by atoms with Crippen LogP contribution in [0, 0.1) is 5.92 Å². The number of aromatic nitrogens is 1. The summed E-state index contributed by atoms with van der Waals surface area (Å²) in [7, 11) is 1.61. The lowest BCUT2D eigenvalue weighted by atomic mass is 9.87. The molecule has 0 bridgehead atoms. The molecule has 2 aromatic rings. The molecule has 0 radical (unpaired) electrons. The third-order valence-corrected chi connectivity index (χ3v) is 5.52. The first-order valence-electron chi connectivity index (χ1n) is 9.82. The number of amides is 1. The van der Waals surface area contributed by atoms with Gasteiger partial charge in [-0.3, -0.25) is 14.9 Å². The van der Waals surface area contributed by atoms with Gasteiger partial charge in [0.1, 0.15) is 17.9 Å². The summed E-state index contributed by atoms with van der Waals surface area (Å²) in [5, 5.41) is 5.97. The molecule has 9 nitrogen and oxygen atoms in total. The minimum atomic E-state index is -0.673. The second-order valence-corrected chi connectivity index (χ2v) is 8.02. The molecule has 2 heterocycles. The van der Waals surface area contributed by atoms with Gasteiger partial charge in [-0.2, -0.15) is 0 Å². The lowest BCUT2D eigenvalue weighted by Crippen LogP contribution is -2.40. The predicted octanol–water partition coefficient (Wildman–Crippen LogP) is 1.87. The monoisotopic (exact) mass is 447 g/mol. The third-order valence-electron chi connectivity index (χ3n) is 5.22. The summed E-state index contributed by atoms with van der Waals surface area (Å²) in [4.78, 5) is 25.3. The zero-order chi connectivity index (χ0) is 22.7. The highest BCUT2D eigenvalue weighted by Gasteiger charge is 2.30. The molecule has 10 heteroatoms. The number of nitrogens with one attached hydrogen (secondary N) is 1. The molecular formula is C21H26ClN5O4. The summed E-state index contributed by atoms with van der Waals surface area (Å²) in [5.74, 6) is 4.98. The Labute approximate surface area is 185 Å². The standard InChI is InChI=1S/C21H26ClN5O4/c1-11(2)16-7-12-6-13(31-5-4-30-3)8-15(22)19(12)17-9-18(28)14(10-27(16)17)20(29)25-21(23)26-24/h6,8-11,16H,4-5,7,24H2,1-3H3,(H3,23,25,26,29). The highest BCUT2D eigenvalue weighted by molar-refractivity contribution is 6.33. The van der Waals surface area contributed by atoms with E-state index in [1.165, 1.54) is 6.07 Å². The molecule has 0 aliphatic carbocycles. The van der Waals surface area contributed by atoms with E-state index < -0.39 is 11.3 Å². The van der Waals surface area contributed by atoms with Crippen molar-refractivity contribution >= 4 is 23.5 Å². The Morgan fingerprint density at radius 2 is 2.10 bits per heavy atom. The Hall–Kier alpha value is -3.04. The molecule has 1 aliphatic heterocycles. The molecule has 31 heavy (non-hydrogen) atoms. The molecule has 1 aromatic carbocycles. The van der Waals surface area contributed by atoms with Crippen LogP contribution in [0.25, 0.3) is 11.3 Å². The topological polar surface area (TPSA) is 134 Å². The molecule has 0 fully saturated rings. The maximum absolute atomic E-state index is 12.8. The van der Waals surface area contributed by atoms with Crippen LogP contribution in [-0.2, 0) is 11.2 Å². The van der Waals surface area contributed by atoms with E-state index in [-0.39, 0.29) is 23.5 Å². The van der Waals surface area contributed by atoms with Crippen molar-refractivity contribution in [3.8, 4) is 17.0 Å². The summed E-state index contributed by atoms with van der Waals surface area (Å²) in [6.07, 6.45) is 2.21. The van der Waals surface area contributed by atoms with Gasteiger partial charge in [-0.15, -0.1) is 5.10 Å². The number of halogens is 1. The van der Waals surface area contributed by atoms with Crippen molar-refractivity contribution in [2.75, 3.05) is 20.3 Å². The van der Waals surface area contributed by atoms with Gasteiger partial charge in [0.2, 0.25) is 5.96 Å². The molecule has 0 saturated heterocycles. The highest BCUT2D eigenvalue weighted by atomic mass is 35.5. The van der Waals surface area contributed by atoms with Crippen molar-refractivity contribution in [2.45, 2.75) is 26.3 Å². The van der Waals surface area contributed by atoms with Gasteiger partial charge in [-0.1, -0.05) is 25.4 Å². The molecule has 0 spiro atoms. The zero-order valence-electron chi connectivity index (χ0n) is 17.6. The molecular weight excluding hydrogens is 422 g/mol. The Balaban J connectivity index is 2.11. The molecule has 1 amide bonds. The Morgan fingerprint density at radius 3 is 2.74 bits per heavy atom. The molecule has 3 rings (SSSR count). The maximum Gasteiger partial charge on any atom is 0.263 e. The molecule has 1 unspecified atom stereocenters. The SMILES string of the molecule is COCCOc1cc(Cl)c2c(c1)CC(C(C)C)n1cc(C(=O)NC(N)=NN)c(=O)cc1-2. The van der Waals surface area contributed by atoms with Crippen LogP contribution in [0.4, 0.5) is 0 Å². The van der Waals surface area contributed by atoms with E-state index in [0.717, 1.165) is 11.1 Å². The summed E-state index contributed by atoms with van der Waals surface area (Å²) < 4.78 is 12.7. The van der Waals surface area contributed by atoms with Crippen LogP contribution in [0.3, 0.4) is 0 Å². The Morgan fingerprint density at radius 1 is 1.35 bits per heavy atom. The molecule has 5 N–H and O–H groups in total. The van der Waals surface area contributed by atoms with Crippen molar-refractivity contribution in [2.24, 2.45) is 22.6 Å². The lowest BCUT2D eigenvalue weighted by molar-refractivity contribution is 0.0974.